The van der Waals surface area contributed by atoms with Crippen LogP contribution in [0.2, 0.25) is 0 Å². The summed E-state index contributed by atoms with van der Waals surface area (Å²) in [5.74, 6) is -1.34. The molecule has 4 nitrogen and oxygen atoms in total. The molecule has 0 saturated carbocycles. The number of nitrogens with two attached hydrogens (primary N) is 1. The van der Waals surface area contributed by atoms with Gasteiger partial charge in [0, 0.05) is 6.07 Å². The lowest BCUT2D eigenvalue weighted by molar-refractivity contribution is 0.141. The number of alkyl halides is 2. The molecule has 0 aliphatic heterocycles. The fourth-order valence-corrected chi connectivity index (χ4v) is 2.29. The molecule has 0 fully saturated rings. The lowest BCUT2D eigenvalue weighted by Crippen LogP contribution is -2.18. The van der Waals surface area contributed by atoms with Crippen molar-refractivity contribution in [3.63, 3.8) is 0 Å². The Balaban J connectivity index is 3.62. The van der Waals surface area contributed by atoms with Crippen molar-refractivity contribution in [1.29, 1.82) is 0 Å². The highest BCUT2D eigenvalue weighted by atomic mass is 127. The predicted molar refractivity (Wildman–Crippen MR) is 53.2 cm³/mol. The zero-order valence-electron chi connectivity index (χ0n) is 6.92. The van der Waals surface area contributed by atoms with Crippen molar-refractivity contribution in [2.75, 3.05) is 0 Å². The van der Waals surface area contributed by atoms with Crippen LogP contribution in [0.5, 0.6) is 0 Å². The summed E-state index contributed by atoms with van der Waals surface area (Å²) in [4.78, 5) is 3.28. The van der Waals surface area contributed by atoms with Crippen molar-refractivity contribution in [2.45, 2.75) is 11.5 Å². The van der Waals surface area contributed by atoms with Crippen molar-refractivity contribution in [3.8, 4) is 0 Å². The van der Waals surface area contributed by atoms with Crippen molar-refractivity contribution < 1.29 is 21.6 Å². The van der Waals surface area contributed by atoms with Gasteiger partial charge in [-0.25, -0.2) is 31.7 Å². The summed E-state index contributed by atoms with van der Waals surface area (Å²) in [6.07, 6.45) is -3.29. The van der Waals surface area contributed by atoms with E-state index in [-0.39, 0.29) is 3.70 Å². The molecule has 15 heavy (non-hydrogen) atoms. The Morgan fingerprint density at radius 2 is 2.00 bits per heavy atom. The van der Waals surface area contributed by atoms with E-state index in [2.05, 4.69) is 10.1 Å². The fourth-order valence-electron chi connectivity index (χ4n) is 0.888. The van der Waals surface area contributed by atoms with Crippen LogP contribution < -0.4 is 5.14 Å². The van der Waals surface area contributed by atoms with Gasteiger partial charge in [0.25, 0.3) is 16.4 Å². The number of nitrogens with zero attached hydrogens (tertiary/aromatic N) is 1. The molecule has 0 spiro atoms. The van der Waals surface area contributed by atoms with E-state index >= 15 is 0 Å². The highest BCUT2D eigenvalue weighted by Gasteiger charge is 2.27. The van der Waals surface area contributed by atoms with Gasteiger partial charge in [-0.3, -0.25) is 0 Å². The van der Waals surface area contributed by atoms with E-state index in [9.17, 15) is 21.6 Å². The van der Waals surface area contributed by atoms with Crippen molar-refractivity contribution in [3.05, 3.63) is 21.1 Å². The van der Waals surface area contributed by atoms with Gasteiger partial charge in [0.2, 0.25) is 0 Å². The number of halogens is 4. The van der Waals surface area contributed by atoms with Crippen LogP contribution in [0.3, 0.4) is 0 Å². The van der Waals surface area contributed by atoms with E-state index in [4.69, 9.17) is 0 Å². The molecule has 0 aliphatic carbocycles. The van der Waals surface area contributed by atoms with Crippen molar-refractivity contribution in [2.24, 2.45) is 5.14 Å². The molecule has 0 bridgehead atoms. The summed E-state index contributed by atoms with van der Waals surface area (Å²) in [5, 5.41) is 3.52. The van der Waals surface area contributed by atoms with Crippen LogP contribution in [-0.2, 0) is 10.0 Å². The van der Waals surface area contributed by atoms with E-state index < -0.39 is 32.9 Å². The maximum absolute atomic E-state index is 13.0. The first-order valence-electron chi connectivity index (χ1n) is 3.40. The van der Waals surface area contributed by atoms with Gasteiger partial charge >= 0.3 is 0 Å². The molecule has 0 aromatic carbocycles. The van der Waals surface area contributed by atoms with Crippen LogP contribution in [0.1, 0.15) is 12.0 Å². The smallest absolute Gasteiger partial charge is 0.228 e. The van der Waals surface area contributed by atoms with Gasteiger partial charge in [0.1, 0.15) is 9.52 Å². The van der Waals surface area contributed by atoms with E-state index in [1.165, 1.54) is 22.6 Å². The third-order valence-corrected chi connectivity index (χ3v) is 2.83. The summed E-state index contributed by atoms with van der Waals surface area (Å²) < 4.78 is 59.4. The fraction of sp³-hybridized carbons (Fsp3) is 0.167. The van der Waals surface area contributed by atoms with Crippen LogP contribution in [0.25, 0.3) is 0 Å². The summed E-state index contributed by atoms with van der Waals surface area (Å²) in [6, 6.07) is 0.705. The summed E-state index contributed by atoms with van der Waals surface area (Å²) in [7, 11) is -4.46. The van der Waals surface area contributed by atoms with Crippen molar-refractivity contribution >= 4 is 32.6 Å². The van der Waals surface area contributed by atoms with Gasteiger partial charge in [0.05, 0.1) is 5.56 Å². The molecule has 0 amide bonds. The molecule has 1 rings (SSSR count). The predicted octanol–water partition coefficient (Wildman–Crippen LogP) is 1.41. The summed E-state index contributed by atoms with van der Waals surface area (Å²) in [6.45, 7) is 0. The molecule has 0 atom stereocenters. The quantitative estimate of drug-likeness (QED) is 0.646. The molecule has 0 radical (unpaired) electrons. The number of primary sulfonamides is 1. The third-order valence-electron chi connectivity index (χ3n) is 1.43. The average Bonchev–Trinajstić information content (AvgIpc) is 1.99. The highest BCUT2D eigenvalue weighted by molar-refractivity contribution is 14.1. The Kier molecular flexibility index (Phi) is 3.55. The zero-order chi connectivity index (χ0) is 11.8. The summed E-state index contributed by atoms with van der Waals surface area (Å²) >= 11 is 1.50. The number of hydrogen-bond acceptors (Lipinski definition) is 3. The largest absolute Gasteiger partial charge is 0.269 e. The minimum absolute atomic E-state index is 0.0708. The Bertz CT molecular complexity index is 491. The molecule has 9 heteroatoms. The number of hydrogen-bond donors (Lipinski definition) is 1. The molecule has 1 heterocycles. The first kappa shape index (κ1) is 12.6. The van der Waals surface area contributed by atoms with Gasteiger partial charge in [-0.15, -0.1) is 0 Å². The Hall–Kier alpha value is -0.420. The molecule has 2 N–H and O–H groups in total. The maximum Gasteiger partial charge on any atom is 0.269 e. The number of sulfonamides is 1. The van der Waals surface area contributed by atoms with Gasteiger partial charge in [-0.2, -0.15) is 0 Å². The number of aromatic nitrogens is 1. The molecule has 1 aromatic heterocycles. The molecule has 0 saturated heterocycles. The third kappa shape index (κ3) is 2.78. The molecule has 1 aromatic rings. The Labute approximate surface area is 96.9 Å². The van der Waals surface area contributed by atoms with Crippen LogP contribution in [0, 0.1) is 9.52 Å². The normalized spacial score (nSPS) is 12.1. The summed E-state index contributed by atoms with van der Waals surface area (Å²) in [5.41, 5.74) is -1.29. The van der Waals surface area contributed by atoms with Gasteiger partial charge < -0.3 is 0 Å². The van der Waals surface area contributed by atoms with Crippen molar-refractivity contribution in [1.82, 2.24) is 4.98 Å². The van der Waals surface area contributed by atoms with E-state index in [0.717, 1.165) is 0 Å². The second-order valence-electron chi connectivity index (χ2n) is 2.49. The standard InChI is InChI=1S/C6H4F3IN2O2S/c7-2-1-3(10)12-6(15(11,13)14)4(2)5(8)9/h1,5H,(H2,11,13,14). The average molecular weight is 352 g/mol. The maximum atomic E-state index is 13.0. The first-order chi connectivity index (χ1) is 6.73. The van der Waals surface area contributed by atoms with E-state index in [1.807, 2.05) is 0 Å². The van der Waals surface area contributed by atoms with Crippen LogP contribution in [-0.4, -0.2) is 13.4 Å². The second kappa shape index (κ2) is 4.22. The molecule has 0 unspecified atom stereocenters. The van der Waals surface area contributed by atoms with E-state index in [1.54, 1.807) is 0 Å². The Morgan fingerprint density at radius 1 is 1.47 bits per heavy atom. The lowest BCUT2D eigenvalue weighted by Gasteiger charge is -2.07. The minimum atomic E-state index is -4.46. The topological polar surface area (TPSA) is 73.1 Å². The molecular formula is C6H4F3IN2O2S. The monoisotopic (exact) mass is 352 g/mol. The molecule has 84 valence electrons. The van der Waals surface area contributed by atoms with Crippen LogP contribution in [0.4, 0.5) is 13.2 Å². The highest BCUT2D eigenvalue weighted by Crippen LogP contribution is 2.27. The SMILES string of the molecule is NS(=O)(=O)c1nc(I)cc(F)c1C(F)F. The minimum Gasteiger partial charge on any atom is -0.228 e. The van der Waals surface area contributed by atoms with Gasteiger partial charge in [-0.1, -0.05) is 0 Å². The zero-order valence-corrected chi connectivity index (χ0v) is 9.89. The number of rotatable bonds is 2. The Morgan fingerprint density at radius 3 is 2.40 bits per heavy atom. The molecule has 0 aliphatic rings. The van der Waals surface area contributed by atoms with Gasteiger partial charge in [0.15, 0.2) is 5.03 Å². The first-order valence-corrected chi connectivity index (χ1v) is 6.03. The number of pyridine rings is 1. The van der Waals surface area contributed by atoms with Crippen LogP contribution in [0.15, 0.2) is 11.1 Å². The van der Waals surface area contributed by atoms with E-state index in [0.29, 0.717) is 6.07 Å². The lowest BCUT2D eigenvalue weighted by atomic mass is 10.3. The second-order valence-corrected chi connectivity index (χ2v) is 5.07. The van der Waals surface area contributed by atoms with Gasteiger partial charge in [-0.05, 0) is 22.6 Å². The molecular weight excluding hydrogens is 348 g/mol. The van der Waals surface area contributed by atoms with Crippen LogP contribution >= 0.6 is 22.6 Å².